The van der Waals surface area contributed by atoms with Gasteiger partial charge in [0.05, 0.1) is 16.6 Å². The Bertz CT molecular complexity index is 1250. The molecular weight excluding hydrogens is 500 g/mol. The van der Waals surface area contributed by atoms with Crippen LogP contribution in [0.3, 0.4) is 0 Å². The Morgan fingerprint density at radius 1 is 0.971 bits per heavy atom. The zero-order chi connectivity index (χ0) is 25.8. The maximum Gasteiger partial charge on any atom is 0.280 e. The molecule has 0 amide bonds. The first-order valence-corrected chi connectivity index (χ1v) is 19.6. The lowest BCUT2D eigenvalue weighted by Crippen LogP contribution is -2.28. The lowest BCUT2D eigenvalue weighted by Gasteiger charge is -2.17. The van der Waals surface area contributed by atoms with E-state index in [4.69, 9.17) is 26.1 Å². The van der Waals surface area contributed by atoms with Gasteiger partial charge in [0, 0.05) is 34.9 Å². The molecule has 35 heavy (non-hydrogen) atoms. The number of hydrogen-bond donors (Lipinski definition) is 0. The number of carbonyl (C=O) groups is 1. The monoisotopic (exact) mass is 534 g/mol. The Balaban J connectivity index is 1.97. The summed E-state index contributed by atoms with van der Waals surface area (Å²) in [6.45, 7) is 15.1. The van der Waals surface area contributed by atoms with Gasteiger partial charge < -0.3 is 9.47 Å². The number of rotatable bonds is 12. The third kappa shape index (κ3) is 7.68. The molecule has 0 radical (unpaired) electrons. The van der Waals surface area contributed by atoms with E-state index in [2.05, 4.69) is 44.4 Å². The largest absolute Gasteiger partial charge is 0.361 e. The average Bonchev–Trinajstić information content (AvgIpc) is 3.12. The molecule has 8 nitrogen and oxygen atoms in total. The molecule has 0 unspecified atom stereocenters. The van der Waals surface area contributed by atoms with Crippen LogP contribution < -0.4 is 5.56 Å². The zero-order valence-corrected chi connectivity index (χ0v) is 24.2. The van der Waals surface area contributed by atoms with Crippen molar-refractivity contribution in [3.63, 3.8) is 0 Å². The van der Waals surface area contributed by atoms with E-state index in [0.717, 1.165) is 18.4 Å². The number of aldehydes is 1. The van der Waals surface area contributed by atoms with E-state index in [1.54, 1.807) is 18.2 Å². The van der Waals surface area contributed by atoms with Crippen LogP contribution in [0.25, 0.3) is 22.4 Å². The van der Waals surface area contributed by atoms with E-state index in [1.807, 2.05) is 4.57 Å². The maximum atomic E-state index is 13.4. The van der Waals surface area contributed by atoms with Crippen LogP contribution in [0.4, 0.5) is 0 Å². The normalized spacial score (nSPS) is 12.4. The number of carbonyl (C=O) groups excluding carboxylic acids is 1. The minimum atomic E-state index is -1.26. The molecule has 3 rings (SSSR count). The Hall–Kier alpha value is -2.12. The highest BCUT2D eigenvalue weighted by atomic mass is 35.5. The van der Waals surface area contributed by atoms with Crippen molar-refractivity contribution in [2.75, 3.05) is 13.2 Å². The smallest absolute Gasteiger partial charge is 0.280 e. The van der Waals surface area contributed by atoms with Crippen LogP contribution in [0.1, 0.15) is 10.4 Å². The standard InChI is InChI=1S/C24H35ClN4O4Si2/c1-34(2,3)11-9-32-16-28-21-13-18(15-30)7-8-20(21)26-23(28)19-14-22(25)27-29(24(19)31)17-33-10-12-35(4,5)6/h7-8,13-15H,9-12,16-17H2,1-6H3. The van der Waals surface area contributed by atoms with Crippen molar-refractivity contribution in [1.82, 2.24) is 19.3 Å². The second kappa shape index (κ2) is 11.3. The first-order chi connectivity index (χ1) is 16.4. The topological polar surface area (TPSA) is 88.2 Å². The van der Waals surface area contributed by atoms with Crippen molar-refractivity contribution in [2.45, 2.75) is 64.8 Å². The molecule has 11 heteroatoms. The van der Waals surface area contributed by atoms with Gasteiger partial charge in [-0.3, -0.25) is 14.2 Å². The van der Waals surface area contributed by atoms with Gasteiger partial charge in [0.2, 0.25) is 0 Å². The van der Waals surface area contributed by atoms with Crippen LogP contribution in [0.5, 0.6) is 0 Å². The van der Waals surface area contributed by atoms with Gasteiger partial charge in [-0.1, -0.05) is 50.9 Å². The van der Waals surface area contributed by atoms with Gasteiger partial charge in [-0.25, -0.2) is 9.67 Å². The molecule has 0 aliphatic carbocycles. The van der Waals surface area contributed by atoms with Gasteiger partial charge in [-0.15, -0.1) is 0 Å². The molecule has 0 spiro atoms. The Morgan fingerprint density at radius 3 is 2.20 bits per heavy atom. The first kappa shape index (κ1) is 27.5. The molecule has 0 N–H and O–H groups in total. The Labute approximate surface area is 213 Å². The molecule has 0 saturated carbocycles. The van der Waals surface area contributed by atoms with E-state index >= 15 is 0 Å². The van der Waals surface area contributed by atoms with Crippen molar-refractivity contribution in [2.24, 2.45) is 0 Å². The van der Waals surface area contributed by atoms with E-state index in [9.17, 15) is 9.59 Å². The lowest BCUT2D eigenvalue weighted by molar-refractivity contribution is 0.0750. The first-order valence-electron chi connectivity index (χ1n) is 11.8. The fourth-order valence-corrected chi connectivity index (χ4v) is 5.08. The number of benzene rings is 1. The number of nitrogens with zero attached hydrogens (tertiary/aromatic N) is 4. The van der Waals surface area contributed by atoms with Gasteiger partial charge in [0.1, 0.15) is 25.6 Å². The Morgan fingerprint density at radius 2 is 1.60 bits per heavy atom. The highest BCUT2D eigenvalue weighted by Crippen LogP contribution is 2.25. The molecule has 0 saturated heterocycles. The highest BCUT2D eigenvalue weighted by molar-refractivity contribution is 6.76. The molecule has 0 aliphatic rings. The number of fused-ring (bicyclic) bond motifs is 1. The van der Waals surface area contributed by atoms with Gasteiger partial charge in [0.25, 0.3) is 5.56 Å². The van der Waals surface area contributed by atoms with Gasteiger partial charge in [-0.05, 0) is 36.4 Å². The van der Waals surface area contributed by atoms with Crippen molar-refractivity contribution in [1.29, 1.82) is 0 Å². The summed E-state index contributed by atoms with van der Waals surface area (Å²) in [6.07, 6.45) is 0.788. The van der Waals surface area contributed by atoms with Crippen molar-refractivity contribution >= 4 is 45.1 Å². The predicted molar refractivity (Wildman–Crippen MR) is 146 cm³/mol. The highest BCUT2D eigenvalue weighted by Gasteiger charge is 2.20. The molecule has 0 atom stereocenters. The molecule has 0 aliphatic heterocycles. The second-order valence-corrected chi connectivity index (χ2v) is 22.7. The number of aromatic nitrogens is 4. The molecular formula is C24H35ClN4O4Si2. The summed E-state index contributed by atoms with van der Waals surface area (Å²) in [4.78, 5) is 29.4. The molecule has 0 fully saturated rings. The summed E-state index contributed by atoms with van der Waals surface area (Å²) in [5, 5.41) is 4.32. The molecule has 2 aromatic heterocycles. The van der Waals surface area contributed by atoms with Crippen LogP contribution >= 0.6 is 11.6 Å². The summed E-state index contributed by atoms with van der Waals surface area (Å²) in [7, 11) is -2.52. The minimum absolute atomic E-state index is 0.0130. The van der Waals surface area contributed by atoms with Gasteiger partial charge >= 0.3 is 0 Å². The van der Waals surface area contributed by atoms with E-state index in [1.165, 1.54) is 10.7 Å². The predicted octanol–water partition coefficient (Wildman–Crippen LogP) is 5.35. The van der Waals surface area contributed by atoms with Crippen LogP contribution in [-0.2, 0) is 22.9 Å². The summed E-state index contributed by atoms with van der Waals surface area (Å²) >= 11 is 6.30. The lowest BCUT2D eigenvalue weighted by atomic mass is 10.2. The van der Waals surface area contributed by atoms with Crippen molar-refractivity contribution in [3.8, 4) is 11.4 Å². The minimum Gasteiger partial charge on any atom is -0.361 e. The third-order valence-electron chi connectivity index (χ3n) is 5.52. The number of ether oxygens (including phenoxy) is 2. The fraction of sp³-hybridized carbons (Fsp3) is 0.500. The molecule has 2 heterocycles. The Kier molecular flexibility index (Phi) is 8.87. The van der Waals surface area contributed by atoms with Gasteiger partial charge in [0.15, 0.2) is 5.15 Å². The molecule has 3 aromatic rings. The maximum absolute atomic E-state index is 13.4. The molecule has 0 bridgehead atoms. The summed E-state index contributed by atoms with van der Waals surface area (Å²) < 4.78 is 14.8. The SMILES string of the molecule is C[Si](C)(C)CCOCn1nc(Cl)cc(-c2nc3ccc(C=O)cc3n2COCC[Si](C)(C)C)c1=O. The van der Waals surface area contributed by atoms with Crippen LogP contribution in [0.2, 0.25) is 56.5 Å². The van der Waals surface area contributed by atoms with Crippen molar-refractivity contribution in [3.05, 3.63) is 45.3 Å². The van der Waals surface area contributed by atoms with E-state index in [-0.39, 0.29) is 24.2 Å². The zero-order valence-electron chi connectivity index (χ0n) is 21.4. The summed E-state index contributed by atoms with van der Waals surface area (Å²) in [6, 6.07) is 8.73. The number of imidazole rings is 1. The number of hydrogen-bond acceptors (Lipinski definition) is 6. The molecule has 190 valence electrons. The molecule has 1 aromatic carbocycles. The van der Waals surface area contributed by atoms with Gasteiger partial charge in [-0.2, -0.15) is 5.10 Å². The van der Waals surface area contributed by atoms with Crippen molar-refractivity contribution < 1.29 is 14.3 Å². The fourth-order valence-electron chi connectivity index (χ4n) is 3.37. The van der Waals surface area contributed by atoms with E-state index < -0.39 is 16.1 Å². The van der Waals surface area contributed by atoms with Crippen LogP contribution in [0.15, 0.2) is 29.1 Å². The quantitative estimate of drug-likeness (QED) is 0.177. The summed E-state index contributed by atoms with van der Waals surface area (Å²) in [5.74, 6) is 0.418. The summed E-state index contributed by atoms with van der Waals surface area (Å²) in [5.41, 5.74) is 1.84. The van der Waals surface area contributed by atoms with Crippen LogP contribution in [-0.4, -0.2) is 55.0 Å². The van der Waals surface area contributed by atoms with E-state index in [0.29, 0.717) is 41.2 Å². The second-order valence-electron chi connectivity index (χ2n) is 11.1. The van der Waals surface area contributed by atoms with Crippen LogP contribution in [0, 0.1) is 0 Å². The average molecular weight is 535 g/mol. The number of halogens is 1. The third-order valence-corrected chi connectivity index (χ3v) is 9.11.